The van der Waals surface area contributed by atoms with Gasteiger partial charge >= 0.3 is 6.03 Å². The lowest BCUT2D eigenvalue weighted by Gasteiger charge is -2.14. The zero-order valence-corrected chi connectivity index (χ0v) is 13.7. The summed E-state index contributed by atoms with van der Waals surface area (Å²) in [7, 11) is 0. The number of hydrogen-bond donors (Lipinski definition) is 3. The van der Waals surface area contributed by atoms with E-state index in [0.29, 0.717) is 5.75 Å². The van der Waals surface area contributed by atoms with E-state index >= 15 is 0 Å². The highest BCUT2D eigenvalue weighted by atomic mass is 19.1. The minimum absolute atomic E-state index is 0.00880. The van der Waals surface area contributed by atoms with Crippen molar-refractivity contribution in [2.75, 3.05) is 18.5 Å². The normalized spacial score (nSPS) is 11.7. The van der Waals surface area contributed by atoms with Crippen LogP contribution in [0.5, 0.6) is 5.75 Å². The smallest absolute Gasteiger partial charge is 0.319 e. The summed E-state index contributed by atoms with van der Waals surface area (Å²) in [6.07, 6.45) is -0.876. The Morgan fingerprint density at radius 3 is 2.67 bits per heavy atom. The number of carbonyl (C=O) groups excluding carboxylic acids is 1. The van der Waals surface area contributed by atoms with Gasteiger partial charge in [-0.1, -0.05) is 18.2 Å². The number of rotatable bonds is 6. The molecule has 0 saturated carbocycles. The van der Waals surface area contributed by atoms with Gasteiger partial charge in [-0.25, -0.2) is 9.18 Å². The molecule has 0 fully saturated rings. The molecule has 0 spiro atoms. The Morgan fingerprint density at radius 1 is 1.21 bits per heavy atom. The van der Waals surface area contributed by atoms with Gasteiger partial charge in [0.2, 0.25) is 0 Å². The number of ether oxygens (including phenoxy) is 1. The molecule has 6 heteroatoms. The van der Waals surface area contributed by atoms with Crippen molar-refractivity contribution in [2.45, 2.75) is 20.0 Å². The van der Waals surface area contributed by atoms with Gasteiger partial charge in [-0.3, -0.25) is 0 Å². The van der Waals surface area contributed by atoms with Crippen molar-refractivity contribution in [1.82, 2.24) is 5.32 Å². The first kappa shape index (κ1) is 17.7. The van der Waals surface area contributed by atoms with E-state index in [1.165, 1.54) is 12.1 Å². The molecule has 24 heavy (non-hydrogen) atoms. The Balaban J connectivity index is 1.74. The van der Waals surface area contributed by atoms with E-state index in [1.54, 1.807) is 19.1 Å². The number of hydrogen-bond acceptors (Lipinski definition) is 3. The summed E-state index contributed by atoms with van der Waals surface area (Å²) in [6.45, 7) is 3.74. The number of carbonyl (C=O) groups is 1. The third-order valence-corrected chi connectivity index (χ3v) is 3.30. The van der Waals surface area contributed by atoms with Crippen LogP contribution >= 0.6 is 0 Å². The van der Waals surface area contributed by atoms with Crippen molar-refractivity contribution in [3.05, 3.63) is 59.4 Å². The highest BCUT2D eigenvalue weighted by molar-refractivity contribution is 5.89. The van der Waals surface area contributed by atoms with Crippen LogP contribution in [0.15, 0.2) is 42.5 Å². The second kappa shape index (κ2) is 8.31. The van der Waals surface area contributed by atoms with Crippen LogP contribution in [-0.4, -0.2) is 30.4 Å². The molecule has 128 valence electrons. The zero-order valence-electron chi connectivity index (χ0n) is 13.7. The lowest BCUT2D eigenvalue weighted by molar-refractivity contribution is 0.108. The molecule has 1 atom stereocenters. The van der Waals surface area contributed by atoms with E-state index in [-0.39, 0.29) is 18.8 Å². The molecule has 1 unspecified atom stereocenters. The Morgan fingerprint density at radius 2 is 1.96 bits per heavy atom. The quantitative estimate of drug-likeness (QED) is 0.761. The third kappa shape index (κ3) is 5.55. The molecule has 2 aromatic carbocycles. The summed E-state index contributed by atoms with van der Waals surface area (Å²) in [5.74, 6) is 0.147. The number of nitrogens with one attached hydrogen (secondary N) is 2. The Labute approximate surface area is 140 Å². The van der Waals surface area contributed by atoms with E-state index in [0.717, 1.165) is 11.1 Å². The molecule has 2 amide bonds. The number of urea groups is 1. The van der Waals surface area contributed by atoms with Crippen LogP contribution in [-0.2, 0) is 0 Å². The predicted octanol–water partition coefficient (Wildman–Crippen LogP) is 3.00. The second-order valence-electron chi connectivity index (χ2n) is 5.60. The van der Waals surface area contributed by atoms with Gasteiger partial charge in [0.1, 0.15) is 24.3 Å². The van der Waals surface area contributed by atoms with Crippen LogP contribution in [0, 0.1) is 19.7 Å². The van der Waals surface area contributed by atoms with Crippen molar-refractivity contribution in [2.24, 2.45) is 0 Å². The maximum absolute atomic E-state index is 13.6. The fourth-order valence-corrected chi connectivity index (χ4v) is 2.06. The summed E-state index contributed by atoms with van der Waals surface area (Å²) < 4.78 is 19.1. The molecule has 3 N–H and O–H groups in total. The average molecular weight is 332 g/mol. The number of aryl methyl sites for hydroxylation is 2. The number of halogens is 1. The zero-order chi connectivity index (χ0) is 17.5. The number of aliphatic hydroxyl groups excluding tert-OH is 1. The summed E-state index contributed by atoms with van der Waals surface area (Å²) >= 11 is 0. The Kier molecular flexibility index (Phi) is 6.14. The van der Waals surface area contributed by atoms with E-state index in [1.807, 2.05) is 25.1 Å². The van der Waals surface area contributed by atoms with Crippen molar-refractivity contribution in [3.8, 4) is 5.75 Å². The first-order valence-electron chi connectivity index (χ1n) is 7.62. The molecule has 0 bridgehead atoms. The molecule has 0 aliphatic heterocycles. The molecule has 0 aliphatic rings. The predicted molar refractivity (Wildman–Crippen MR) is 90.8 cm³/mol. The third-order valence-electron chi connectivity index (χ3n) is 3.30. The van der Waals surface area contributed by atoms with E-state index in [2.05, 4.69) is 10.6 Å². The van der Waals surface area contributed by atoms with Crippen LogP contribution in [0.4, 0.5) is 14.9 Å². The highest BCUT2D eigenvalue weighted by Crippen LogP contribution is 2.15. The SMILES string of the molecule is Cc1cccc(OCC(O)CNC(=O)Nc2ccc(C)cc2F)c1. The van der Waals surface area contributed by atoms with Gasteiger partial charge in [-0.15, -0.1) is 0 Å². The lowest BCUT2D eigenvalue weighted by atomic mass is 10.2. The van der Waals surface area contributed by atoms with Crippen LogP contribution < -0.4 is 15.4 Å². The molecule has 0 radical (unpaired) electrons. The molecule has 0 heterocycles. The maximum Gasteiger partial charge on any atom is 0.319 e. The van der Waals surface area contributed by atoms with Gasteiger partial charge in [0, 0.05) is 6.54 Å². The Bertz CT molecular complexity index is 706. The molecule has 2 aromatic rings. The van der Waals surface area contributed by atoms with Crippen molar-refractivity contribution < 1.29 is 19.0 Å². The minimum Gasteiger partial charge on any atom is -0.491 e. The number of amides is 2. The minimum atomic E-state index is -0.876. The average Bonchev–Trinajstić information content (AvgIpc) is 2.54. The molecule has 5 nitrogen and oxygen atoms in total. The van der Waals surface area contributed by atoms with Crippen molar-refractivity contribution in [1.29, 1.82) is 0 Å². The molecule has 0 aromatic heterocycles. The van der Waals surface area contributed by atoms with Gasteiger partial charge in [0.25, 0.3) is 0 Å². The second-order valence-corrected chi connectivity index (χ2v) is 5.60. The standard InChI is InChI=1S/C18H21FN2O3/c1-12-4-3-5-15(8-12)24-11-14(22)10-20-18(23)21-17-7-6-13(2)9-16(17)19/h3-9,14,22H,10-11H2,1-2H3,(H2,20,21,23). The fourth-order valence-electron chi connectivity index (χ4n) is 2.06. The number of anilines is 1. The van der Waals surface area contributed by atoms with Crippen molar-refractivity contribution in [3.63, 3.8) is 0 Å². The maximum atomic E-state index is 13.6. The van der Waals surface area contributed by atoms with E-state index < -0.39 is 18.0 Å². The first-order valence-corrected chi connectivity index (χ1v) is 7.62. The largest absolute Gasteiger partial charge is 0.491 e. The highest BCUT2D eigenvalue weighted by Gasteiger charge is 2.10. The topological polar surface area (TPSA) is 70.6 Å². The monoisotopic (exact) mass is 332 g/mol. The van der Waals surface area contributed by atoms with Crippen LogP contribution in [0.3, 0.4) is 0 Å². The number of benzene rings is 2. The Hall–Kier alpha value is -2.60. The summed E-state index contributed by atoms with van der Waals surface area (Å²) in [5.41, 5.74) is 1.91. The van der Waals surface area contributed by atoms with Gasteiger partial charge in [-0.2, -0.15) is 0 Å². The summed E-state index contributed by atoms with van der Waals surface area (Å²) in [4.78, 5) is 11.7. The van der Waals surface area contributed by atoms with Crippen LogP contribution in [0.2, 0.25) is 0 Å². The lowest BCUT2D eigenvalue weighted by Crippen LogP contribution is -2.37. The summed E-state index contributed by atoms with van der Waals surface area (Å²) in [6, 6.07) is 11.4. The van der Waals surface area contributed by atoms with Crippen molar-refractivity contribution >= 4 is 11.7 Å². The van der Waals surface area contributed by atoms with E-state index in [9.17, 15) is 14.3 Å². The molecular formula is C18H21FN2O3. The van der Waals surface area contributed by atoms with Gasteiger partial charge < -0.3 is 20.5 Å². The van der Waals surface area contributed by atoms with Gasteiger partial charge in [0.05, 0.1) is 5.69 Å². The van der Waals surface area contributed by atoms with Crippen LogP contribution in [0.25, 0.3) is 0 Å². The fraction of sp³-hybridized carbons (Fsp3) is 0.278. The molecular weight excluding hydrogens is 311 g/mol. The summed E-state index contributed by atoms with van der Waals surface area (Å²) in [5, 5.41) is 14.7. The van der Waals surface area contributed by atoms with Gasteiger partial charge in [0.15, 0.2) is 0 Å². The first-order chi connectivity index (χ1) is 11.4. The number of aliphatic hydroxyl groups is 1. The van der Waals surface area contributed by atoms with E-state index in [4.69, 9.17) is 4.74 Å². The molecule has 0 saturated heterocycles. The van der Waals surface area contributed by atoms with Crippen LogP contribution in [0.1, 0.15) is 11.1 Å². The molecule has 2 rings (SSSR count). The molecule has 0 aliphatic carbocycles. The van der Waals surface area contributed by atoms with Gasteiger partial charge in [-0.05, 0) is 49.2 Å².